The van der Waals surface area contributed by atoms with Gasteiger partial charge in [0, 0.05) is 12.6 Å². The van der Waals surface area contributed by atoms with Gasteiger partial charge < -0.3 is 20.5 Å². The number of amides is 1. The van der Waals surface area contributed by atoms with Crippen LogP contribution in [0, 0.1) is 5.41 Å². The van der Waals surface area contributed by atoms with Gasteiger partial charge in [-0.05, 0) is 26.2 Å². The fourth-order valence-electron chi connectivity index (χ4n) is 2.70. The van der Waals surface area contributed by atoms with Gasteiger partial charge >= 0.3 is 0 Å². The Balaban J connectivity index is 2.12. The number of carbonyl (C=O) groups is 1. The number of ether oxygens (including phenoxy) is 1. The number of hydrogen-bond donors (Lipinski definition) is 2. The van der Waals surface area contributed by atoms with Crippen LogP contribution in [0.4, 0.5) is 0 Å². The van der Waals surface area contributed by atoms with Crippen molar-refractivity contribution in [2.75, 3.05) is 26.4 Å². The predicted molar refractivity (Wildman–Crippen MR) is 63.3 cm³/mol. The summed E-state index contributed by atoms with van der Waals surface area (Å²) >= 11 is 0. The molecule has 3 N–H and O–H groups in total. The fraction of sp³-hybridized carbons (Fsp3) is 0.917. The SMILES string of the molecule is CC1(C(=O)N2CCCCC2CO)COCC1N. The normalized spacial score (nSPS) is 38.4. The Kier molecular flexibility index (Phi) is 3.70. The first kappa shape index (κ1) is 12.8. The Morgan fingerprint density at radius 2 is 2.35 bits per heavy atom. The number of piperidine rings is 1. The van der Waals surface area contributed by atoms with E-state index in [1.807, 2.05) is 6.92 Å². The summed E-state index contributed by atoms with van der Waals surface area (Å²) in [4.78, 5) is 14.4. The molecule has 0 aliphatic carbocycles. The lowest BCUT2D eigenvalue weighted by atomic mass is 9.83. The number of nitrogens with zero attached hydrogens (tertiary/aromatic N) is 1. The summed E-state index contributed by atoms with van der Waals surface area (Å²) in [6.45, 7) is 3.47. The molecule has 1 amide bonds. The minimum absolute atomic E-state index is 0.0396. The maximum absolute atomic E-state index is 12.6. The van der Waals surface area contributed by atoms with Gasteiger partial charge in [-0.25, -0.2) is 0 Å². The Morgan fingerprint density at radius 1 is 1.59 bits per heavy atom. The van der Waals surface area contributed by atoms with Crippen LogP contribution in [0.3, 0.4) is 0 Å². The van der Waals surface area contributed by atoms with E-state index in [1.165, 1.54) is 0 Å². The van der Waals surface area contributed by atoms with E-state index in [0.29, 0.717) is 13.2 Å². The van der Waals surface area contributed by atoms with Crippen molar-refractivity contribution in [1.29, 1.82) is 0 Å². The molecule has 0 aromatic carbocycles. The molecule has 2 aliphatic rings. The van der Waals surface area contributed by atoms with Crippen molar-refractivity contribution in [3.05, 3.63) is 0 Å². The topological polar surface area (TPSA) is 75.8 Å². The minimum Gasteiger partial charge on any atom is -0.394 e. The van der Waals surface area contributed by atoms with Crippen molar-refractivity contribution in [3.63, 3.8) is 0 Å². The molecule has 2 saturated heterocycles. The van der Waals surface area contributed by atoms with Gasteiger partial charge in [-0.3, -0.25) is 4.79 Å². The van der Waals surface area contributed by atoms with Gasteiger partial charge in [0.15, 0.2) is 0 Å². The number of carbonyl (C=O) groups excluding carboxylic acids is 1. The molecule has 2 rings (SSSR count). The number of rotatable bonds is 2. The molecule has 0 aromatic heterocycles. The first-order chi connectivity index (χ1) is 8.09. The lowest BCUT2D eigenvalue weighted by Crippen LogP contribution is -2.56. The van der Waals surface area contributed by atoms with E-state index in [1.54, 1.807) is 4.90 Å². The van der Waals surface area contributed by atoms with Crippen LogP contribution in [-0.2, 0) is 9.53 Å². The molecule has 17 heavy (non-hydrogen) atoms. The number of nitrogens with two attached hydrogens (primary N) is 1. The van der Waals surface area contributed by atoms with Gasteiger partial charge in [-0.1, -0.05) is 0 Å². The summed E-state index contributed by atoms with van der Waals surface area (Å²) in [6, 6.07) is -0.280. The van der Waals surface area contributed by atoms with Crippen molar-refractivity contribution in [2.24, 2.45) is 11.1 Å². The molecule has 2 aliphatic heterocycles. The first-order valence-corrected chi connectivity index (χ1v) is 6.35. The molecular formula is C12H22N2O3. The molecule has 5 heteroatoms. The summed E-state index contributed by atoms with van der Waals surface area (Å²) in [7, 11) is 0. The number of hydrogen-bond acceptors (Lipinski definition) is 4. The highest BCUT2D eigenvalue weighted by Crippen LogP contribution is 2.32. The Hall–Kier alpha value is -0.650. The Morgan fingerprint density at radius 3 is 2.94 bits per heavy atom. The minimum atomic E-state index is -0.620. The summed E-state index contributed by atoms with van der Waals surface area (Å²) in [5.74, 6) is 0.0428. The third kappa shape index (κ3) is 2.19. The van der Waals surface area contributed by atoms with Crippen LogP contribution in [0.15, 0.2) is 0 Å². The summed E-state index contributed by atoms with van der Waals surface area (Å²) in [5.41, 5.74) is 5.35. The third-order valence-corrected chi connectivity index (χ3v) is 4.11. The van der Waals surface area contributed by atoms with E-state index in [4.69, 9.17) is 10.5 Å². The quantitative estimate of drug-likeness (QED) is 0.698. The smallest absolute Gasteiger partial charge is 0.232 e. The van der Waals surface area contributed by atoms with E-state index in [9.17, 15) is 9.90 Å². The number of likely N-dealkylation sites (tertiary alicyclic amines) is 1. The second-order valence-electron chi connectivity index (χ2n) is 5.37. The summed E-state index contributed by atoms with van der Waals surface area (Å²) in [5, 5.41) is 9.35. The second-order valence-corrected chi connectivity index (χ2v) is 5.37. The van der Waals surface area contributed by atoms with Crippen LogP contribution >= 0.6 is 0 Å². The largest absolute Gasteiger partial charge is 0.394 e. The van der Waals surface area contributed by atoms with Crippen LogP contribution in [0.2, 0.25) is 0 Å². The highest BCUT2D eigenvalue weighted by atomic mass is 16.5. The van der Waals surface area contributed by atoms with Crippen LogP contribution in [0.5, 0.6) is 0 Å². The van der Waals surface area contributed by atoms with Crippen molar-refractivity contribution in [2.45, 2.75) is 38.3 Å². The van der Waals surface area contributed by atoms with Crippen molar-refractivity contribution in [3.8, 4) is 0 Å². The standard InChI is InChI=1S/C12H22N2O3/c1-12(8-17-7-10(12)13)11(16)14-5-3-2-4-9(14)6-15/h9-10,15H,2-8,13H2,1H3. The van der Waals surface area contributed by atoms with Crippen molar-refractivity contribution >= 4 is 5.91 Å². The van der Waals surface area contributed by atoms with Crippen molar-refractivity contribution < 1.29 is 14.6 Å². The number of aliphatic hydroxyl groups is 1. The van der Waals surface area contributed by atoms with Gasteiger partial charge in [0.25, 0.3) is 0 Å². The Bertz CT molecular complexity index is 297. The van der Waals surface area contributed by atoms with Gasteiger partial charge in [0.2, 0.25) is 5.91 Å². The molecule has 0 radical (unpaired) electrons. The highest BCUT2D eigenvalue weighted by molar-refractivity contribution is 5.84. The maximum Gasteiger partial charge on any atom is 0.232 e. The molecule has 0 aromatic rings. The van der Waals surface area contributed by atoms with Crippen LogP contribution in [0.25, 0.3) is 0 Å². The summed E-state index contributed by atoms with van der Waals surface area (Å²) < 4.78 is 5.32. The first-order valence-electron chi connectivity index (χ1n) is 6.35. The lowest BCUT2D eigenvalue weighted by molar-refractivity contribution is -0.146. The summed E-state index contributed by atoms with van der Waals surface area (Å²) in [6.07, 6.45) is 2.97. The van der Waals surface area contributed by atoms with Gasteiger partial charge in [0.05, 0.1) is 31.3 Å². The van der Waals surface area contributed by atoms with Gasteiger partial charge in [0.1, 0.15) is 0 Å². The van der Waals surface area contributed by atoms with E-state index in [0.717, 1.165) is 25.8 Å². The van der Waals surface area contributed by atoms with Crippen LogP contribution in [-0.4, -0.2) is 54.4 Å². The fourth-order valence-corrected chi connectivity index (χ4v) is 2.70. The zero-order chi connectivity index (χ0) is 12.5. The van der Waals surface area contributed by atoms with Crippen molar-refractivity contribution in [1.82, 2.24) is 4.90 Å². The monoisotopic (exact) mass is 242 g/mol. The van der Waals surface area contributed by atoms with E-state index in [-0.39, 0.29) is 24.6 Å². The zero-order valence-corrected chi connectivity index (χ0v) is 10.4. The molecular weight excluding hydrogens is 220 g/mol. The lowest BCUT2D eigenvalue weighted by Gasteiger charge is -2.40. The molecule has 2 heterocycles. The highest BCUT2D eigenvalue weighted by Gasteiger charge is 2.47. The second kappa shape index (κ2) is 4.92. The zero-order valence-electron chi connectivity index (χ0n) is 10.4. The molecule has 0 saturated carbocycles. The van der Waals surface area contributed by atoms with Crippen LogP contribution in [0.1, 0.15) is 26.2 Å². The molecule has 3 unspecified atom stereocenters. The average Bonchev–Trinajstić information content (AvgIpc) is 2.70. The average molecular weight is 242 g/mol. The van der Waals surface area contributed by atoms with Gasteiger partial charge in [-0.2, -0.15) is 0 Å². The van der Waals surface area contributed by atoms with E-state index < -0.39 is 5.41 Å². The van der Waals surface area contributed by atoms with Gasteiger partial charge in [-0.15, -0.1) is 0 Å². The third-order valence-electron chi connectivity index (χ3n) is 4.11. The van der Waals surface area contributed by atoms with E-state index in [2.05, 4.69) is 0 Å². The molecule has 98 valence electrons. The Labute approximate surface area is 102 Å². The molecule has 0 spiro atoms. The molecule has 5 nitrogen and oxygen atoms in total. The predicted octanol–water partition coefficient (Wildman–Crippen LogP) is -0.276. The molecule has 2 fully saturated rings. The molecule has 0 bridgehead atoms. The molecule has 3 atom stereocenters. The van der Waals surface area contributed by atoms with E-state index >= 15 is 0 Å². The van der Waals surface area contributed by atoms with Crippen LogP contribution < -0.4 is 5.73 Å². The maximum atomic E-state index is 12.6. The number of aliphatic hydroxyl groups excluding tert-OH is 1.